The summed E-state index contributed by atoms with van der Waals surface area (Å²) in [5.74, 6) is -0.968. The molecule has 168 valence electrons. The van der Waals surface area contributed by atoms with Crippen molar-refractivity contribution in [2.24, 2.45) is 5.10 Å². The summed E-state index contributed by atoms with van der Waals surface area (Å²) in [5.41, 5.74) is 5.47. The number of carbonyl (C=O) groups excluding carboxylic acids is 2. The zero-order valence-electron chi connectivity index (χ0n) is 18.0. The number of rotatable bonds is 7. The van der Waals surface area contributed by atoms with Gasteiger partial charge in [0, 0.05) is 34.8 Å². The molecule has 0 unspecified atom stereocenters. The molecule has 2 N–H and O–H groups in total. The van der Waals surface area contributed by atoms with Gasteiger partial charge < -0.3 is 10.2 Å². The fourth-order valence-electron chi connectivity index (χ4n) is 2.79. The lowest BCUT2D eigenvalue weighted by atomic mass is 10.1. The second-order valence-electron chi connectivity index (χ2n) is 7.26. The maximum Gasteiger partial charge on any atom is 0.287 e. The molecule has 0 aliphatic rings. The highest BCUT2D eigenvalue weighted by molar-refractivity contribution is 9.10. The van der Waals surface area contributed by atoms with Crippen LogP contribution in [-0.2, 0) is 4.79 Å². The second-order valence-corrected chi connectivity index (χ2v) is 8.61. The van der Waals surface area contributed by atoms with E-state index >= 15 is 0 Å². The van der Waals surface area contributed by atoms with Crippen LogP contribution in [-0.4, -0.2) is 32.1 Å². The normalized spacial score (nSPS) is 11.3. The van der Waals surface area contributed by atoms with Crippen molar-refractivity contribution in [2.45, 2.75) is 0 Å². The van der Waals surface area contributed by atoms with Crippen molar-refractivity contribution < 1.29 is 9.59 Å². The molecule has 0 aliphatic carbocycles. The first-order chi connectivity index (χ1) is 15.8. The number of hydrazone groups is 1. The Bertz CT molecular complexity index is 1190. The molecular formula is C25H22BrClN4O2. The summed E-state index contributed by atoms with van der Waals surface area (Å²) in [5, 5.41) is 7.29. The topological polar surface area (TPSA) is 73.8 Å². The molecule has 0 saturated carbocycles. The number of halogens is 2. The molecule has 0 bridgehead atoms. The quantitative estimate of drug-likeness (QED) is 0.256. The molecule has 8 heteroatoms. The van der Waals surface area contributed by atoms with Crippen LogP contribution in [0, 0.1) is 0 Å². The number of nitrogens with one attached hydrogen (secondary N) is 2. The van der Waals surface area contributed by atoms with Gasteiger partial charge in [0.2, 0.25) is 0 Å². The first-order valence-electron chi connectivity index (χ1n) is 9.97. The van der Waals surface area contributed by atoms with E-state index in [-0.39, 0.29) is 5.70 Å². The Hall–Kier alpha value is -3.42. The van der Waals surface area contributed by atoms with Crippen molar-refractivity contribution >= 4 is 57.3 Å². The smallest absolute Gasteiger partial charge is 0.287 e. The van der Waals surface area contributed by atoms with Gasteiger partial charge in [-0.05, 0) is 59.7 Å². The third-order valence-corrected chi connectivity index (χ3v) is 5.30. The number of nitrogens with zero attached hydrogens (tertiary/aromatic N) is 2. The van der Waals surface area contributed by atoms with Crippen LogP contribution in [0.5, 0.6) is 0 Å². The highest BCUT2D eigenvalue weighted by atomic mass is 79.9. The number of anilines is 1. The van der Waals surface area contributed by atoms with E-state index in [4.69, 9.17) is 11.6 Å². The number of hydrogen-bond acceptors (Lipinski definition) is 4. The van der Waals surface area contributed by atoms with Gasteiger partial charge in [-0.25, -0.2) is 5.43 Å². The standard InChI is InChI=1S/C25H22BrClN4O2/c1-31(2)22-12-8-17(9-13-22)14-23(29-24(32)19-4-3-5-20(26)15-19)25(33)30-28-16-18-6-10-21(27)11-7-18/h3-16H,1-2H3,(H,29,32)(H,30,33)/b23-14-,28-16+. The van der Waals surface area contributed by atoms with E-state index in [9.17, 15) is 9.59 Å². The van der Waals surface area contributed by atoms with E-state index in [0.29, 0.717) is 10.6 Å². The van der Waals surface area contributed by atoms with E-state index in [2.05, 4.69) is 31.8 Å². The Morgan fingerprint density at radius 2 is 1.64 bits per heavy atom. The molecule has 0 aromatic heterocycles. The van der Waals surface area contributed by atoms with Crippen LogP contribution in [0.3, 0.4) is 0 Å². The van der Waals surface area contributed by atoms with E-state index in [1.807, 2.05) is 49.3 Å². The van der Waals surface area contributed by atoms with Crippen LogP contribution in [0.15, 0.2) is 88.1 Å². The van der Waals surface area contributed by atoms with Gasteiger partial charge in [-0.1, -0.05) is 57.9 Å². The Morgan fingerprint density at radius 1 is 0.970 bits per heavy atom. The summed E-state index contributed by atoms with van der Waals surface area (Å²) in [7, 11) is 3.89. The van der Waals surface area contributed by atoms with Gasteiger partial charge in [0.05, 0.1) is 6.21 Å². The van der Waals surface area contributed by atoms with Gasteiger partial charge in [0.1, 0.15) is 5.70 Å². The van der Waals surface area contributed by atoms with Crippen LogP contribution in [0.2, 0.25) is 5.02 Å². The molecule has 2 amide bonds. The monoisotopic (exact) mass is 524 g/mol. The maximum absolute atomic E-state index is 12.9. The van der Waals surface area contributed by atoms with Crippen molar-refractivity contribution in [3.05, 3.63) is 105 Å². The molecule has 0 atom stereocenters. The van der Waals surface area contributed by atoms with Gasteiger partial charge >= 0.3 is 0 Å². The van der Waals surface area contributed by atoms with Crippen molar-refractivity contribution in [1.82, 2.24) is 10.7 Å². The SMILES string of the molecule is CN(C)c1ccc(/C=C(\NC(=O)c2cccc(Br)c2)C(=O)N/N=C/c2ccc(Cl)cc2)cc1. The molecule has 3 aromatic carbocycles. The Kier molecular flexibility index (Phi) is 8.40. The molecule has 0 saturated heterocycles. The largest absolute Gasteiger partial charge is 0.378 e. The Balaban J connectivity index is 1.82. The van der Waals surface area contributed by atoms with E-state index in [0.717, 1.165) is 21.3 Å². The summed E-state index contributed by atoms with van der Waals surface area (Å²) in [6.07, 6.45) is 3.09. The zero-order valence-corrected chi connectivity index (χ0v) is 20.4. The van der Waals surface area contributed by atoms with Crippen molar-refractivity contribution in [2.75, 3.05) is 19.0 Å². The van der Waals surface area contributed by atoms with Crippen molar-refractivity contribution in [3.63, 3.8) is 0 Å². The van der Waals surface area contributed by atoms with Crippen LogP contribution in [0.4, 0.5) is 5.69 Å². The van der Waals surface area contributed by atoms with Crippen LogP contribution < -0.4 is 15.6 Å². The summed E-state index contributed by atoms with van der Waals surface area (Å²) in [4.78, 5) is 27.6. The molecule has 0 spiro atoms. The Labute approximate surface area is 206 Å². The first-order valence-corrected chi connectivity index (χ1v) is 11.1. The summed E-state index contributed by atoms with van der Waals surface area (Å²) < 4.78 is 0.761. The molecule has 33 heavy (non-hydrogen) atoms. The van der Waals surface area contributed by atoms with Gasteiger partial charge in [0.25, 0.3) is 11.8 Å². The number of carbonyl (C=O) groups is 2. The second kappa shape index (κ2) is 11.4. The molecule has 3 aromatic rings. The third-order valence-electron chi connectivity index (χ3n) is 4.55. The van der Waals surface area contributed by atoms with Crippen molar-refractivity contribution in [1.29, 1.82) is 0 Å². The predicted molar refractivity (Wildman–Crippen MR) is 138 cm³/mol. The molecule has 0 aliphatic heterocycles. The minimum Gasteiger partial charge on any atom is -0.378 e. The number of benzene rings is 3. The minimum absolute atomic E-state index is 0.0610. The molecule has 6 nitrogen and oxygen atoms in total. The molecule has 3 rings (SSSR count). The van der Waals surface area contributed by atoms with Crippen molar-refractivity contribution in [3.8, 4) is 0 Å². The lowest BCUT2D eigenvalue weighted by molar-refractivity contribution is -0.117. The molecule has 0 heterocycles. The molecule has 0 radical (unpaired) electrons. The van der Waals surface area contributed by atoms with Gasteiger partial charge in [-0.15, -0.1) is 0 Å². The fraction of sp³-hybridized carbons (Fsp3) is 0.0800. The highest BCUT2D eigenvalue weighted by Crippen LogP contribution is 2.16. The van der Waals surface area contributed by atoms with Crippen LogP contribution >= 0.6 is 27.5 Å². The van der Waals surface area contributed by atoms with E-state index in [1.165, 1.54) is 6.21 Å². The Morgan fingerprint density at radius 3 is 2.27 bits per heavy atom. The van der Waals surface area contributed by atoms with Gasteiger partial charge in [-0.2, -0.15) is 5.10 Å². The molecular weight excluding hydrogens is 504 g/mol. The maximum atomic E-state index is 12.9. The third kappa shape index (κ3) is 7.30. The van der Waals surface area contributed by atoms with Gasteiger partial charge in [0.15, 0.2) is 0 Å². The predicted octanol–water partition coefficient (Wildman–Crippen LogP) is 5.09. The van der Waals surface area contributed by atoms with E-state index < -0.39 is 11.8 Å². The van der Waals surface area contributed by atoms with Crippen LogP contribution in [0.1, 0.15) is 21.5 Å². The average Bonchev–Trinajstić information content (AvgIpc) is 2.80. The van der Waals surface area contributed by atoms with Gasteiger partial charge in [-0.3, -0.25) is 9.59 Å². The lowest BCUT2D eigenvalue weighted by Gasteiger charge is -2.13. The fourth-order valence-corrected chi connectivity index (χ4v) is 3.32. The number of amides is 2. The lowest BCUT2D eigenvalue weighted by Crippen LogP contribution is -2.32. The first kappa shape index (κ1) is 24.2. The highest BCUT2D eigenvalue weighted by Gasteiger charge is 2.15. The average molecular weight is 526 g/mol. The number of hydrogen-bond donors (Lipinski definition) is 2. The summed E-state index contributed by atoms with van der Waals surface area (Å²) in [6, 6.07) is 21.5. The summed E-state index contributed by atoms with van der Waals surface area (Å²) in [6.45, 7) is 0. The minimum atomic E-state index is -0.555. The summed E-state index contributed by atoms with van der Waals surface area (Å²) >= 11 is 9.24. The van der Waals surface area contributed by atoms with Crippen LogP contribution in [0.25, 0.3) is 6.08 Å². The zero-order chi connectivity index (χ0) is 23.8. The van der Waals surface area contributed by atoms with E-state index in [1.54, 1.807) is 48.5 Å². The molecule has 0 fully saturated rings.